The zero-order chi connectivity index (χ0) is 28.0. The molecule has 1 aromatic rings. The molecule has 202 valence electrons. The van der Waals surface area contributed by atoms with Gasteiger partial charge in [-0.1, -0.05) is 12.0 Å². The fourth-order valence-corrected chi connectivity index (χ4v) is 3.06. The number of benzene rings is 1. The summed E-state index contributed by atoms with van der Waals surface area (Å²) in [6.07, 6.45) is 6.01. The zero-order valence-corrected chi connectivity index (χ0v) is 21.3. The summed E-state index contributed by atoms with van der Waals surface area (Å²) in [6.45, 7) is 5.32. The maximum Gasteiger partial charge on any atom is 0.329 e. The molecule has 2 atom stereocenters. The number of urea groups is 2. The standard InChI is InChI=1S/C25H35N5O7/c1-5-16-9-8-10-17(15-16)28-23(35)27-14-7-6-11-19(22(34)37-25(2,3)4)30-24(36)29-18(21(32)33)12-13-20(26)31/h1,8-10,15,18-19H,6-7,11-14H2,2-4H3,(H2,26,31)(H,32,33)(H2,27,28,35)(H2,29,30,36)/t18-,19?/m0/s1. The third-order valence-corrected chi connectivity index (χ3v) is 4.77. The number of anilines is 1. The second-order valence-corrected chi connectivity index (χ2v) is 9.20. The van der Waals surface area contributed by atoms with Crippen molar-refractivity contribution >= 4 is 35.6 Å². The lowest BCUT2D eigenvalue weighted by Gasteiger charge is -2.25. The summed E-state index contributed by atoms with van der Waals surface area (Å²) in [5.41, 5.74) is 5.40. The van der Waals surface area contributed by atoms with Crippen molar-refractivity contribution in [1.82, 2.24) is 16.0 Å². The van der Waals surface area contributed by atoms with Crippen LogP contribution in [0, 0.1) is 12.3 Å². The fourth-order valence-electron chi connectivity index (χ4n) is 3.06. The average Bonchev–Trinajstić information content (AvgIpc) is 2.79. The van der Waals surface area contributed by atoms with Crippen molar-refractivity contribution in [2.45, 2.75) is 70.6 Å². The van der Waals surface area contributed by atoms with E-state index in [2.05, 4.69) is 27.2 Å². The highest BCUT2D eigenvalue weighted by molar-refractivity contribution is 5.89. The molecule has 0 fully saturated rings. The fraction of sp³-hybridized carbons (Fsp3) is 0.480. The number of nitrogens with one attached hydrogen (secondary N) is 4. The molecule has 1 unspecified atom stereocenters. The highest BCUT2D eigenvalue weighted by Gasteiger charge is 2.28. The second kappa shape index (κ2) is 15.0. The number of amides is 5. The summed E-state index contributed by atoms with van der Waals surface area (Å²) in [7, 11) is 0. The quantitative estimate of drug-likeness (QED) is 0.130. The summed E-state index contributed by atoms with van der Waals surface area (Å²) in [4.78, 5) is 59.4. The van der Waals surface area contributed by atoms with E-state index in [-0.39, 0.29) is 19.3 Å². The summed E-state index contributed by atoms with van der Waals surface area (Å²) >= 11 is 0. The number of terminal acetylenes is 1. The number of nitrogens with two attached hydrogens (primary N) is 1. The van der Waals surface area contributed by atoms with Crippen LogP contribution in [0.25, 0.3) is 0 Å². The molecular weight excluding hydrogens is 482 g/mol. The summed E-state index contributed by atoms with van der Waals surface area (Å²) < 4.78 is 5.36. The van der Waals surface area contributed by atoms with Crippen LogP contribution in [-0.4, -0.2) is 59.2 Å². The van der Waals surface area contributed by atoms with Gasteiger partial charge in [0.1, 0.15) is 17.7 Å². The normalized spacial score (nSPS) is 12.3. The summed E-state index contributed by atoms with van der Waals surface area (Å²) in [6, 6.07) is 3.06. The van der Waals surface area contributed by atoms with Crippen LogP contribution < -0.4 is 27.0 Å². The Hall–Kier alpha value is -4.27. The molecule has 12 nitrogen and oxygen atoms in total. The first kappa shape index (κ1) is 30.8. The maximum absolute atomic E-state index is 12.6. The molecule has 0 aliphatic carbocycles. The lowest BCUT2D eigenvalue weighted by molar-refractivity contribution is -0.157. The van der Waals surface area contributed by atoms with Crippen molar-refractivity contribution in [3.63, 3.8) is 0 Å². The number of carboxylic acids is 1. The van der Waals surface area contributed by atoms with E-state index in [0.29, 0.717) is 30.6 Å². The Morgan fingerprint density at radius 3 is 2.32 bits per heavy atom. The van der Waals surface area contributed by atoms with E-state index in [4.69, 9.17) is 16.9 Å². The number of carbonyl (C=O) groups is 5. The van der Waals surface area contributed by atoms with Crippen LogP contribution in [0.15, 0.2) is 24.3 Å². The van der Waals surface area contributed by atoms with E-state index in [9.17, 15) is 29.1 Å². The van der Waals surface area contributed by atoms with Gasteiger partial charge in [0.2, 0.25) is 5.91 Å². The van der Waals surface area contributed by atoms with E-state index >= 15 is 0 Å². The summed E-state index contributed by atoms with van der Waals surface area (Å²) in [5.74, 6) is -0.258. The molecule has 12 heteroatoms. The minimum atomic E-state index is -1.36. The number of esters is 1. The minimum Gasteiger partial charge on any atom is -0.480 e. The van der Waals surface area contributed by atoms with Gasteiger partial charge in [0, 0.05) is 24.2 Å². The Bertz CT molecular complexity index is 1010. The number of ether oxygens (including phenoxy) is 1. The van der Waals surface area contributed by atoms with Crippen LogP contribution in [-0.2, 0) is 19.1 Å². The van der Waals surface area contributed by atoms with Crippen LogP contribution in [0.4, 0.5) is 15.3 Å². The van der Waals surface area contributed by atoms with Crippen molar-refractivity contribution in [3.8, 4) is 12.3 Å². The van der Waals surface area contributed by atoms with Gasteiger partial charge >= 0.3 is 24.0 Å². The minimum absolute atomic E-state index is 0.175. The van der Waals surface area contributed by atoms with Gasteiger partial charge in [-0.25, -0.2) is 19.2 Å². The van der Waals surface area contributed by atoms with E-state index in [1.54, 1.807) is 45.0 Å². The second-order valence-electron chi connectivity index (χ2n) is 9.20. The Morgan fingerprint density at radius 2 is 1.73 bits per heavy atom. The first-order valence-electron chi connectivity index (χ1n) is 11.7. The maximum atomic E-state index is 12.6. The smallest absolute Gasteiger partial charge is 0.329 e. The Balaban J connectivity index is 2.61. The number of carbonyl (C=O) groups excluding carboxylic acids is 4. The average molecular weight is 518 g/mol. The van der Waals surface area contributed by atoms with Gasteiger partial charge in [-0.2, -0.15) is 0 Å². The number of rotatable bonds is 13. The molecule has 0 heterocycles. The Kier molecular flexibility index (Phi) is 12.5. The van der Waals surface area contributed by atoms with Gasteiger partial charge in [0.05, 0.1) is 0 Å². The number of aliphatic carboxylic acids is 1. The van der Waals surface area contributed by atoms with Gasteiger partial charge in [-0.05, 0) is 64.7 Å². The van der Waals surface area contributed by atoms with Crippen molar-refractivity contribution < 1.29 is 33.8 Å². The first-order valence-corrected chi connectivity index (χ1v) is 11.7. The molecule has 0 aromatic heterocycles. The Labute approximate surface area is 216 Å². The predicted molar refractivity (Wildman–Crippen MR) is 136 cm³/mol. The third kappa shape index (κ3) is 13.4. The molecular formula is C25H35N5O7. The molecule has 1 rings (SSSR count). The largest absolute Gasteiger partial charge is 0.480 e. The molecule has 7 N–H and O–H groups in total. The molecule has 37 heavy (non-hydrogen) atoms. The van der Waals surface area contributed by atoms with E-state index < -0.39 is 47.6 Å². The van der Waals surface area contributed by atoms with Crippen LogP contribution >= 0.6 is 0 Å². The molecule has 0 radical (unpaired) electrons. The molecule has 0 bridgehead atoms. The van der Waals surface area contributed by atoms with Crippen LogP contribution in [0.2, 0.25) is 0 Å². The van der Waals surface area contributed by atoms with Crippen molar-refractivity contribution in [2.24, 2.45) is 5.73 Å². The molecule has 5 amide bonds. The van der Waals surface area contributed by atoms with Gasteiger partial charge in [0.15, 0.2) is 0 Å². The lowest BCUT2D eigenvalue weighted by atomic mass is 10.1. The first-order chi connectivity index (χ1) is 17.3. The third-order valence-electron chi connectivity index (χ3n) is 4.77. The SMILES string of the molecule is C#Cc1cccc(NC(=O)NCCCCC(NC(=O)N[C@@H](CCC(N)=O)C(=O)O)C(=O)OC(C)(C)C)c1. The lowest BCUT2D eigenvalue weighted by Crippen LogP contribution is -2.52. The van der Waals surface area contributed by atoms with Crippen molar-refractivity contribution in [3.05, 3.63) is 29.8 Å². The van der Waals surface area contributed by atoms with Gasteiger partial charge in [0.25, 0.3) is 0 Å². The van der Waals surface area contributed by atoms with Crippen molar-refractivity contribution in [2.75, 3.05) is 11.9 Å². The van der Waals surface area contributed by atoms with Crippen LogP contribution in [0.1, 0.15) is 58.4 Å². The molecule has 0 aliphatic rings. The van der Waals surface area contributed by atoms with E-state index in [1.165, 1.54) is 0 Å². The highest BCUT2D eigenvalue weighted by Crippen LogP contribution is 2.12. The zero-order valence-electron chi connectivity index (χ0n) is 21.3. The number of unbranched alkanes of at least 4 members (excludes halogenated alkanes) is 1. The van der Waals surface area contributed by atoms with E-state index in [0.717, 1.165) is 0 Å². The van der Waals surface area contributed by atoms with Crippen LogP contribution in [0.5, 0.6) is 0 Å². The molecule has 0 saturated carbocycles. The predicted octanol–water partition coefficient (Wildman–Crippen LogP) is 1.69. The Morgan fingerprint density at radius 1 is 1.05 bits per heavy atom. The number of hydrogen-bond donors (Lipinski definition) is 6. The topological polar surface area (TPSA) is 189 Å². The van der Waals surface area contributed by atoms with Gasteiger partial charge in [-0.15, -0.1) is 6.42 Å². The molecule has 0 saturated heterocycles. The monoisotopic (exact) mass is 517 g/mol. The van der Waals surface area contributed by atoms with Crippen LogP contribution in [0.3, 0.4) is 0 Å². The number of carboxylic acid groups (broad SMARTS) is 1. The number of hydrogen-bond acceptors (Lipinski definition) is 6. The highest BCUT2D eigenvalue weighted by atomic mass is 16.6. The van der Waals surface area contributed by atoms with Gasteiger partial charge < -0.3 is 36.8 Å². The number of primary amides is 1. The molecule has 1 aromatic carbocycles. The molecule has 0 spiro atoms. The summed E-state index contributed by atoms with van der Waals surface area (Å²) in [5, 5.41) is 19.3. The van der Waals surface area contributed by atoms with E-state index in [1.807, 2.05) is 0 Å². The molecule has 0 aliphatic heterocycles. The van der Waals surface area contributed by atoms with Gasteiger partial charge in [-0.3, -0.25) is 4.79 Å². The van der Waals surface area contributed by atoms with Crippen molar-refractivity contribution in [1.29, 1.82) is 0 Å².